The van der Waals surface area contributed by atoms with Gasteiger partial charge in [0.05, 0.1) is 12.8 Å². The summed E-state index contributed by atoms with van der Waals surface area (Å²) in [5, 5.41) is 11.6. The molecule has 0 bridgehead atoms. The molecular formula is C18H24FN5O. The first-order valence-corrected chi connectivity index (χ1v) is 8.58. The van der Waals surface area contributed by atoms with Crippen LogP contribution in [0.3, 0.4) is 0 Å². The van der Waals surface area contributed by atoms with Gasteiger partial charge in [-0.25, -0.2) is 9.37 Å². The largest absolute Gasteiger partial charge is 0.497 e. The Morgan fingerprint density at radius 2 is 2.16 bits per heavy atom. The molecule has 2 heterocycles. The number of anilines is 1. The van der Waals surface area contributed by atoms with Crippen molar-refractivity contribution in [3.8, 4) is 17.0 Å². The maximum absolute atomic E-state index is 14.2. The van der Waals surface area contributed by atoms with E-state index in [1.54, 1.807) is 12.1 Å². The van der Waals surface area contributed by atoms with E-state index < -0.39 is 5.82 Å². The van der Waals surface area contributed by atoms with Crippen LogP contribution in [0.15, 0.2) is 18.2 Å². The lowest BCUT2D eigenvalue weighted by atomic mass is 10.0. The second-order valence-electron chi connectivity index (χ2n) is 6.43. The van der Waals surface area contributed by atoms with Crippen molar-refractivity contribution in [1.29, 1.82) is 0 Å². The van der Waals surface area contributed by atoms with Gasteiger partial charge in [-0.3, -0.25) is 0 Å². The Labute approximate surface area is 147 Å². The lowest BCUT2D eigenvalue weighted by Gasteiger charge is -2.32. The number of rotatable bonds is 5. The molecule has 0 saturated carbocycles. The minimum atomic E-state index is -0.400. The molecule has 25 heavy (non-hydrogen) atoms. The molecule has 1 aromatic carbocycles. The van der Waals surface area contributed by atoms with Gasteiger partial charge in [0.1, 0.15) is 17.3 Å². The van der Waals surface area contributed by atoms with Gasteiger partial charge in [-0.05, 0) is 45.5 Å². The van der Waals surface area contributed by atoms with Gasteiger partial charge < -0.3 is 15.0 Å². The first-order valence-electron chi connectivity index (χ1n) is 8.58. The van der Waals surface area contributed by atoms with Gasteiger partial charge in [0, 0.05) is 24.2 Å². The molecule has 1 aliphatic rings. The molecule has 134 valence electrons. The van der Waals surface area contributed by atoms with E-state index in [0.717, 1.165) is 13.1 Å². The molecule has 1 atom stereocenters. The molecular weight excluding hydrogens is 321 g/mol. The van der Waals surface area contributed by atoms with Crippen molar-refractivity contribution >= 4 is 5.95 Å². The Hall–Kier alpha value is -2.28. The highest BCUT2D eigenvalue weighted by Crippen LogP contribution is 2.26. The number of likely N-dealkylation sites (N-methyl/N-ethyl adjacent to an activating group) is 1. The maximum atomic E-state index is 14.2. The van der Waals surface area contributed by atoms with Gasteiger partial charge in [-0.15, -0.1) is 10.2 Å². The lowest BCUT2D eigenvalue weighted by molar-refractivity contribution is 0.194. The van der Waals surface area contributed by atoms with E-state index in [1.165, 1.54) is 32.4 Å². The van der Waals surface area contributed by atoms with Crippen LogP contribution < -0.4 is 10.1 Å². The predicted molar refractivity (Wildman–Crippen MR) is 95.3 cm³/mol. The van der Waals surface area contributed by atoms with Crippen molar-refractivity contribution in [2.75, 3.05) is 32.6 Å². The maximum Gasteiger partial charge on any atom is 0.243 e. The first-order chi connectivity index (χ1) is 12.1. The van der Waals surface area contributed by atoms with Gasteiger partial charge in [0.2, 0.25) is 5.95 Å². The highest BCUT2D eigenvalue weighted by atomic mass is 19.1. The lowest BCUT2D eigenvalue weighted by Crippen LogP contribution is -2.41. The molecule has 7 heteroatoms. The summed E-state index contributed by atoms with van der Waals surface area (Å²) in [6.07, 6.45) is 3.68. The van der Waals surface area contributed by atoms with E-state index >= 15 is 0 Å². The van der Waals surface area contributed by atoms with Crippen LogP contribution in [0.25, 0.3) is 11.3 Å². The summed E-state index contributed by atoms with van der Waals surface area (Å²) < 4.78 is 19.3. The molecule has 0 spiro atoms. The smallest absolute Gasteiger partial charge is 0.243 e. The Kier molecular flexibility index (Phi) is 5.43. The third-order valence-electron chi connectivity index (χ3n) is 4.71. The molecule has 2 aromatic rings. The van der Waals surface area contributed by atoms with Crippen molar-refractivity contribution in [2.45, 2.75) is 32.2 Å². The summed E-state index contributed by atoms with van der Waals surface area (Å²) >= 11 is 0. The summed E-state index contributed by atoms with van der Waals surface area (Å²) in [6, 6.07) is 5.15. The molecule has 1 saturated heterocycles. The molecule has 6 nitrogen and oxygen atoms in total. The summed E-state index contributed by atoms with van der Waals surface area (Å²) in [5.74, 6) is 0.548. The Balaban J connectivity index is 1.72. The number of hydrogen-bond acceptors (Lipinski definition) is 6. The number of piperidine rings is 1. The second kappa shape index (κ2) is 7.74. The van der Waals surface area contributed by atoms with Gasteiger partial charge in [-0.1, -0.05) is 6.42 Å². The summed E-state index contributed by atoms with van der Waals surface area (Å²) in [6.45, 7) is 3.72. The number of aromatic nitrogens is 3. The van der Waals surface area contributed by atoms with Crippen LogP contribution in [-0.2, 0) is 0 Å². The van der Waals surface area contributed by atoms with Crippen molar-refractivity contribution in [2.24, 2.45) is 0 Å². The number of ether oxygens (including phenoxy) is 1. The average Bonchev–Trinajstić information content (AvgIpc) is 2.61. The predicted octanol–water partition coefficient (Wildman–Crippen LogP) is 2.89. The number of aryl methyl sites for hydroxylation is 1. The number of halogens is 1. The number of methoxy groups -OCH3 is 1. The zero-order chi connectivity index (χ0) is 17.8. The zero-order valence-corrected chi connectivity index (χ0v) is 14.9. The van der Waals surface area contributed by atoms with Crippen LogP contribution >= 0.6 is 0 Å². The van der Waals surface area contributed by atoms with Crippen LogP contribution in [0.4, 0.5) is 10.3 Å². The average molecular weight is 345 g/mol. The molecule has 0 amide bonds. The molecule has 0 radical (unpaired) electrons. The number of benzene rings is 1. The van der Waals surface area contributed by atoms with Crippen LogP contribution in [0.1, 0.15) is 25.0 Å². The topological polar surface area (TPSA) is 63.2 Å². The molecule has 1 aromatic heterocycles. The van der Waals surface area contributed by atoms with Crippen molar-refractivity contribution in [3.63, 3.8) is 0 Å². The van der Waals surface area contributed by atoms with E-state index in [1.807, 2.05) is 6.92 Å². The highest BCUT2D eigenvalue weighted by molar-refractivity contribution is 5.63. The third-order valence-corrected chi connectivity index (χ3v) is 4.71. The molecule has 0 aliphatic carbocycles. The van der Waals surface area contributed by atoms with Crippen molar-refractivity contribution < 1.29 is 9.13 Å². The quantitative estimate of drug-likeness (QED) is 0.899. The Bertz CT molecular complexity index is 739. The van der Waals surface area contributed by atoms with E-state index in [-0.39, 0.29) is 0 Å². The highest BCUT2D eigenvalue weighted by Gasteiger charge is 2.19. The minimum Gasteiger partial charge on any atom is -0.497 e. The summed E-state index contributed by atoms with van der Waals surface area (Å²) in [7, 11) is 3.65. The van der Waals surface area contributed by atoms with E-state index in [4.69, 9.17) is 4.74 Å². The monoisotopic (exact) mass is 345 g/mol. The van der Waals surface area contributed by atoms with Gasteiger partial charge in [0.25, 0.3) is 0 Å². The minimum absolute atomic E-state index is 0.372. The molecule has 1 unspecified atom stereocenters. The summed E-state index contributed by atoms with van der Waals surface area (Å²) in [5.41, 5.74) is 1.45. The van der Waals surface area contributed by atoms with Gasteiger partial charge in [0.15, 0.2) is 0 Å². The standard InChI is InChI=1S/C18H24FN5O/c1-12-17(15-8-7-14(25-3)10-16(15)19)22-23-18(21-12)20-11-13-6-4-5-9-24(13)2/h7-8,10,13H,4-6,9,11H2,1-3H3,(H,20,21,23). The fourth-order valence-electron chi connectivity index (χ4n) is 3.15. The van der Waals surface area contributed by atoms with Crippen LogP contribution in [0.2, 0.25) is 0 Å². The first kappa shape index (κ1) is 17.5. The number of likely N-dealkylation sites (tertiary alicyclic amines) is 1. The SMILES string of the molecule is COc1ccc(-c2nnc(NCC3CCCCN3C)nc2C)c(F)c1. The third kappa shape index (κ3) is 4.04. The van der Waals surface area contributed by atoms with Crippen LogP contribution in [-0.4, -0.2) is 53.4 Å². The Morgan fingerprint density at radius 3 is 2.84 bits per heavy atom. The van der Waals surface area contributed by atoms with E-state index in [2.05, 4.69) is 32.4 Å². The number of hydrogen-bond donors (Lipinski definition) is 1. The Morgan fingerprint density at radius 1 is 1.32 bits per heavy atom. The molecule has 1 aliphatic heterocycles. The zero-order valence-electron chi connectivity index (χ0n) is 14.9. The van der Waals surface area contributed by atoms with E-state index in [0.29, 0.717) is 34.7 Å². The van der Waals surface area contributed by atoms with Gasteiger partial charge >= 0.3 is 0 Å². The summed E-state index contributed by atoms with van der Waals surface area (Å²) in [4.78, 5) is 6.80. The normalized spacial score (nSPS) is 18.2. The van der Waals surface area contributed by atoms with E-state index in [9.17, 15) is 4.39 Å². The number of nitrogens with zero attached hydrogens (tertiary/aromatic N) is 4. The molecule has 3 rings (SSSR count). The second-order valence-corrected chi connectivity index (χ2v) is 6.43. The van der Waals surface area contributed by atoms with Crippen LogP contribution in [0, 0.1) is 12.7 Å². The fourth-order valence-corrected chi connectivity index (χ4v) is 3.15. The van der Waals surface area contributed by atoms with Crippen LogP contribution in [0.5, 0.6) is 5.75 Å². The molecule has 1 N–H and O–H groups in total. The fraction of sp³-hybridized carbons (Fsp3) is 0.500. The number of nitrogens with one attached hydrogen (secondary N) is 1. The van der Waals surface area contributed by atoms with Crippen molar-refractivity contribution in [3.05, 3.63) is 29.7 Å². The van der Waals surface area contributed by atoms with Crippen molar-refractivity contribution in [1.82, 2.24) is 20.1 Å². The molecule has 1 fully saturated rings. The van der Waals surface area contributed by atoms with Gasteiger partial charge in [-0.2, -0.15) is 0 Å².